The van der Waals surface area contributed by atoms with E-state index >= 15 is 0 Å². The van der Waals surface area contributed by atoms with E-state index in [2.05, 4.69) is 26.2 Å². The topological polar surface area (TPSA) is 65.2 Å². The minimum atomic E-state index is -0.252. The number of aromatic nitrogens is 1. The third kappa shape index (κ3) is 3.33. The normalized spacial score (nSPS) is 10.6. The van der Waals surface area contributed by atoms with Gasteiger partial charge in [-0.15, -0.1) is 0 Å². The number of aromatic amines is 1. The minimum Gasteiger partial charge on any atom is -0.360 e. The molecule has 0 aliphatic carbocycles. The number of fused-ring (bicyclic) bond motifs is 1. The van der Waals surface area contributed by atoms with Crippen LogP contribution in [0.1, 0.15) is 10.4 Å². The smallest absolute Gasteiger partial charge is 0.256 e. The van der Waals surface area contributed by atoms with Gasteiger partial charge in [0.15, 0.2) is 0 Å². The van der Waals surface area contributed by atoms with Crippen LogP contribution >= 0.6 is 15.9 Å². The minimum absolute atomic E-state index is 0.0281. The zero-order valence-corrected chi connectivity index (χ0v) is 14.6. The van der Waals surface area contributed by atoms with Crippen molar-refractivity contribution < 1.29 is 9.59 Å². The number of para-hydroxylation sites is 2. The van der Waals surface area contributed by atoms with Crippen molar-refractivity contribution in [3.63, 3.8) is 0 Å². The fourth-order valence-corrected chi connectivity index (χ4v) is 2.88. The summed E-state index contributed by atoms with van der Waals surface area (Å²) in [7, 11) is 1.61. The van der Waals surface area contributed by atoms with Crippen molar-refractivity contribution in [2.75, 3.05) is 18.9 Å². The van der Waals surface area contributed by atoms with Crippen LogP contribution in [0.2, 0.25) is 0 Å². The summed E-state index contributed by atoms with van der Waals surface area (Å²) in [5, 5.41) is 3.64. The van der Waals surface area contributed by atoms with Gasteiger partial charge in [-0.2, -0.15) is 0 Å². The number of H-pyrrole nitrogens is 1. The van der Waals surface area contributed by atoms with Crippen molar-refractivity contribution in [1.82, 2.24) is 9.88 Å². The average molecular weight is 386 g/mol. The van der Waals surface area contributed by atoms with E-state index in [4.69, 9.17) is 0 Å². The van der Waals surface area contributed by atoms with E-state index in [1.54, 1.807) is 19.3 Å². The van der Waals surface area contributed by atoms with Crippen molar-refractivity contribution in [3.05, 3.63) is 64.8 Å². The molecule has 0 aliphatic rings. The summed E-state index contributed by atoms with van der Waals surface area (Å²) >= 11 is 3.38. The lowest BCUT2D eigenvalue weighted by Crippen LogP contribution is -2.34. The molecule has 6 heteroatoms. The fourth-order valence-electron chi connectivity index (χ4n) is 2.49. The predicted molar refractivity (Wildman–Crippen MR) is 98.0 cm³/mol. The Morgan fingerprint density at radius 1 is 1.12 bits per heavy atom. The molecule has 5 nitrogen and oxygen atoms in total. The van der Waals surface area contributed by atoms with E-state index in [1.165, 1.54) is 4.90 Å². The highest BCUT2D eigenvalue weighted by atomic mass is 79.9. The van der Waals surface area contributed by atoms with Gasteiger partial charge in [-0.05, 0) is 34.1 Å². The third-order valence-electron chi connectivity index (χ3n) is 3.70. The second kappa shape index (κ2) is 6.88. The molecule has 2 amide bonds. The zero-order valence-electron chi connectivity index (χ0n) is 13.0. The Morgan fingerprint density at radius 2 is 1.83 bits per heavy atom. The van der Waals surface area contributed by atoms with Gasteiger partial charge < -0.3 is 15.2 Å². The van der Waals surface area contributed by atoms with Crippen molar-refractivity contribution in [1.29, 1.82) is 0 Å². The number of benzene rings is 2. The zero-order chi connectivity index (χ0) is 17.1. The van der Waals surface area contributed by atoms with Crippen LogP contribution in [0.5, 0.6) is 0 Å². The van der Waals surface area contributed by atoms with Crippen molar-refractivity contribution in [2.45, 2.75) is 0 Å². The first kappa shape index (κ1) is 16.3. The predicted octanol–water partition coefficient (Wildman–Crippen LogP) is 3.64. The summed E-state index contributed by atoms with van der Waals surface area (Å²) in [6, 6.07) is 14.9. The van der Waals surface area contributed by atoms with E-state index in [0.29, 0.717) is 11.3 Å². The molecule has 1 heterocycles. The second-order valence-corrected chi connectivity index (χ2v) is 6.29. The number of hydrogen-bond donors (Lipinski definition) is 2. The lowest BCUT2D eigenvalue weighted by atomic mass is 10.1. The molecule has 0 aliphatic heterocycles. The maximum atomic E-state index is 12.6. The summed E-state index contributed by atoms with van der Waals surface area (Å²) < 4.78 is 0.795. The lowest BCUT2D eigenvalue weighted by molar-refractivity contribution is -0.116. The van der Waals surface area contributed by atoms with Gasteiger partial charge in [-0.25, -0.2) is 0 Å². The number of likely N-dealkylation sites (N-methyl/N-ethyl adjacent to an activating group) is 1. The molecule has 3 aromatic rings. The molecule has 24 heavy (non-hydrogen) atoms. The van der Waals surface area contributed by atoms with Gasteiger partial charge in [0.25, 0.3) is 5.91 Å². The number of amides is 2. The number of anilines is 1. The molecule has 0 unspecified atom stereocenters. The van der Waals surface area contributed by atoms with Gasteiger partial charge in [0.2, 0.25) is 5.91 Å². The first-order valence-electron chi connectivity index (χ1n) is 7.42. The van der Waals surface area contributed by atoms with Crippen molar-refractivity contribution in [2.24, 2.45) is 0 Å². The molecule has 0 radical (unpaired) electrons. The molecule has 2 N–H and O–H groups in total. The van der Waals surface area contributed by atoms with Gasteiger partial charge in [0, 0.05) is 28.6 Å². The highest BCUT2D eigenvalue weighted by Crippen LogP contribution is 2.21. The summed E-state index contributed by atoms with van der Waals surface area (Å²) in [4.78, 5) is 29.2. The van der Waals surface area contributed by atoms with Gasteiger partial charge in [0.05, 0.1) is 17.8 Å². The molecule has 0 saturated carbocycles. The molecule has 3 rings (SSSR count). The van der Waals surface area contributed by atoms with E-state index in [9.17, 15) is 9.59 Å². The summed E-state index contributed by atoms with van der Waals surface area (Å²) in [6.07, 6.45) is 1.68. The van der Waals surface area contributed by atoms with E-state index in [0.717, 1.165) is 15.4 Å². The van der Waals surface area contributed by atoms with Crippen LogP contribution in [-0.2, 0) is 4.79 Å². The van der Waals surface area contributed by atoms with Gasteiger partial charge in [-0.3, -0.25) is 9.59 Å². The highest BCUT2D eigenvalue weighted by Gasteiger charge is 2.18. The first-order valence-corrected chi connectivity index (χ1v) is 8.21. The lowest BCUT2D eigenvalue weighted by Gasteiger charge is -2.17. The maximum Gasteiger partial charge on any atom is 0.256 e. The Hall–Kier alpha value is -2.60. The monoisotopic (exact) mass is 385 g/mol. The van der Waals surface area contributed by atoms with Crippen LogP contribution in [0, 0.1) is 0 Å². The van der Waals surface area contributed by atoms with Crippen LogP contribution in [-0.4, -0.2) is 35.3 Å². The molecular formula is C18H16BrN3O2. The largest absolute Gasteiger partial charge is 0.360 e. The number of rotatable bonds is 4. The van der Waals surface area contributed by atoms with Crippen molar-refractivity contribution >= 4 is 44.3 Å². The maximum absolute atomic E-state index is 12.6. The Balaban J connectivity index is 1.70. The molecule has 0 bridgehead atoms. The molecule has 1 aromatic heterocycles. The summed E-state index contributed by atoms with van der Waals surface area (Å²) in [5.41, 5.74) is 2.13. The van der Waals surface area contributed by atoms with Crippen LogP contribution in [0.25, 0.3) is 10.9 Å². The van der Waals surface area contributed by atoms with Gasteiger partial charge >= 0.3 is 0 Å². The number of hydrogen-bond acceptors (Lipinski definition) is 2. The molecule has 0 saturated heterocycles. The SMILES string of the molecule is CN(CC(=O)Nc1ccccc1Br)C(=O)c1c[nH]c2ccccc12. The molecule has 122 valence electrons. The summed E-state index contributed by atoms with van der Waals surface area (Å²) in [5.74, 6) is -0.452. The quantitative estimate of drug-likeness (QED) is 0.719. The van der Waals surface area contributed by atoms with Gasteiger partial charge in [-0.1, -0.05) is 30.3 Å². The van der Waals surface area contributed by atoms with Crippen LogP contribution in [0.4, 0.5) is 5.69 Å². The van der Waals surface area contributed by atoms with Crippen LogP contribution in [0.3, 0.4) is 0 Å². The Labute approximate surface area is 147 Å². The average Bonchev–Trinajstić information content (AvgIpc) is 3.00. The highest BCUT2D eigenvalue weighted by molar-refractivity contribution is 9.10. The van der Waals surface area contributed by atoms with Crippen molar-refractivity contribution in [3.8, 4) is 0 Å². The Morgan fingerprint density at radius 3 is 2.62 bits per heavy atom. The summed E-state index contributed by atoms with van der Waals surface area (Å²) in [6.45, 7) is -0.0281. The Bertz CT molecular complexity index is 904. The molecule has 2 aromatic carbocycles. The number of halogens is 1. The number of nitrogens with one attached hydrogen (secondary N) is 2. The molecule has 0 fully saturated rings. The van der Waals surface area contributed by atoms with Crippen LogP contribution in [0.15, 0.2) is 59.2 Å². The fraction of sp³-hybridized carbons (Fsp3) is 0.111. The van der Waals surface area contributed by atoms with E-state index in [-0.39, 0.29) is 18.4 Å². The molecular weight excluding hydrogens is 370 g/mol. The molecule has 0 atom stereocenters. The molecule has 0 spiro atoms. The number of carbonyl (C=O) groups excluding carboxylic acids is 2. The third-order valence-corrected chi connectivity index (χ3v) is 4.39. The Kier molecular flexibility index (Phi) is 4.66. The van der Waals surface area contributed by atoms with Gasteiger partial charge in [0.1, 0.15) is 0 Å². The van der Waals surface area contributed by atoms with Crippen LogP contribution < -0.4 is 5.32 Å². The van der Waals surface area contributed by atoms with E-state index < -0.39 is 0 Å². The number of carbonyl (C=O) groups is 2. The second-order valence-electron chi connectivity index (χ2n) is 5.44. The number of nitrogens with zero attached hydrogens (tertiary/aromatic N) is 1. The first-order chi connectivity index (χ1) is 11.6. The van der Waals surface area contributed by atoms with E-state index in [1.807, 2.05) is 42.5 Å². The standard InChI is InChI=1S/C18H16BrN3O2/c1-22(11-17(23)21-16-9-5-3-7-14(16)19)18(24)13-10-20-15-8-4-2-6-12(13)15/h2-10,20H,11H2,1H3,(H,21,23).